The summed E-state index contributed by atoms with van der Waals surface area (Å²) in [7, 11) is 0. The van der Waals surface area contributed by atoms with Gasteiger partial charge in [0.2, 0.25) is 5.91 Å². The van der Waals surface area contributed by atoms with Gasteiger partial charge in [-0.3, -0.25) is 4.79 Å². The Hall–Kier alpha value is -1.46. The first-order chi connectivity index (χ1) is 8.66. The maximum Gasteiger partial charge on any atom is 0.240 e. The van der Waals surface area contributed by atoms with Gasteiger partial charge in [0.25, 0.3) is 0 Å². The topological polar surface area (TPSA) is 50.4 Å². The van der Waals surface area contributed by atoms with E-state index < -0.39 is 0 Å². The summed E-state index contributed by atoms with van der Waals surface area (Å²) in [5.41, 5.74) is 0.750. The van der Waals surface area contributed by atoms with E-state index in [4.69, 9.17) is 4.74 Å². The van der Waals surface area contributed by atoms with Crippen LogP contribution in [0.25, 0.3) is 0 Å². The van der Waals surface area contributed by atoms with Crippen LogP contribution in [0.3, 0.4) is 0 Å². The Morgan fingerprint density at radius 3 is 3.11 bits per heavy atom. The highest BCUT2D eigenvalue weighted by Crippen LogP contribution is 2.13. The Bertz CT molecular complexity index is 419. The number of benzene rings is 1. The molecule has 2 rings (SSSR count). The predicted octanol–water partition coefficient (Wildman–Crippen LogP) is 0.991. The van der Waals surface area contributed by atoms with Crippen LogP contribution in [0, 0.1) is 5.82 Å². The van der Waals surface area contributed by atoms with E-state index in [1.165, 1.54) is 12.1 Å². The molecule has 0 bridgehead atoms. The fourth-order valence-electron chi connectivity index (χ4n) is 1.91. The lowest BCUT2D eigenvalue weighted by atomic mass is 10.1. The van der Waals surface area contributed by atoms with Crippen LogP contribution < -0.4 is 10.6 Å². The number of carbonyl (C=O) groups excluding carboxylic acids is 1. The van der Waals surface area contributed by atoms with E-state index >= 15 is 0 Å². The molecule has 4 nitrogen and oxygen atoms in total. The average Bonchev–Trinajstić information content (AvgIpc) is 2.39. The van der Waals surface area contributed by atoms with Crippen LogP contribution >= 0.6 is 0 Å². The van der Waals surface area contributed by atoms with E-state index in [0.717, 1.165) is 5.56 Å². The van der Waals surface area contributed by atoms with Crippen molar-refractivity contribution >= 4 is 5.91 Å². The number of hydrogen-bond donors (Lipinski definition) is 2. The molecule has 1 aliphatic rings. The maximum absolute atomic E-state index is 13.1. The number of morpholine rings is 1. The summed E-state index contributed by atoms with van der Waals surface area (Å²) in [5.74, 6) is -0.417. The fourth-order valence-corrected chi connectivity index (χ4v) is 1.91. The van der Waals surface area contributed by atoms with E-state index in [-0.39, 0.29) is 23.8 Å². The first-order valence-corrected chi connectivity index (χ1v) is 6.04. The summed E-state index contributed by atoms with van der Waals surface area (Å²) >= 11 is 0. The minimum Gasteiger partial charge on any atom is -0.378 e. The Balaban J connectivity index is 1.94. The molecule has 1 aliphatic heterocycles. The van der Waals surface area contributed by atoms with Crippen LogP contribution in [0.1, 0.15) is 18.5 Å². The lowest BCUT2D eigenvalue weighted by Gasteiger charge is -2.24. The largest absolute Gasteiger partial charge is 0.378 e. The number of hydrogen-bond acceptors (Lipinski definition) is 3. The molecule has 1 unspecified atom stereocenters. The molecule has 0 aliphatic carbocycles. The highest BCUT2D eigenvalue weighted by Gasteiger charge is 2.22. The van der Waals surface area contributed by atoms with Gasteiger partial charge in [0.15, 0.2) is 0 Å². The molecule has 0 radical (unpaired) electrons. The van der Waals surface area contributed by atoms with Gasteiger partial charge >= 0.3 is 0 Å². The van der Waals surface area contributed by atoms with Crippen LogP contribution in [0.2, 0.25) is 0 Å². The summed E-state index contributed by atoms with van der Waals surface area (Å²) in [6, 6.07) is 5.69. The Morgan fingerprint density at radius 1 is 1.61 bits per heavy atom. The predicted molar refractivity (Wildman–Crippen MR) is 65.6 cm³/mol. The summed E-state index contributed by atoms with van der Waals surface area (Å²) in [6.07, 6.45) is 0. The summed E-state index contributed by atoms with van der Waals surface area (Å²) in [5, 5.41) is 5.92. The van der Waals surface area contributed by atoms with Crippen molar-refractivity contribution in [1.82, 2.24) is 10.6 Å². The second-order valence-corrected chi connectivity index (χ2v) is 4.37. The Kier molecular flexibility index (Phi) is 4.28. The molecule has 1 saturated heterocycles. The van der Waals surface area contributed by atoms with Gasteiger partial charge < -0.3 is 15.4 Å². The lowest BCUT2D eigenvalue weighted by molar-refractivity contribution is -0.126. The third-order valence-corrected chi connectivity index (χ3v) is 2.95. The molecule has 98 valence electrons. The molecular formula is C13H17FN2O2. The maximum atomic E-state index is 13.1. The molecule has 1 amide bonds. The van der Waals surface area contributed by atoms with Crippen LogP contribution in [0.4, 0.5) is 4.39 Å². The standard InChI is InChI=1S/C13H17FN2O2/c1-9(10-3-2-4-11(14)7-10)16-13(17)12-8-18-6-5-15-12/h2-4,7,9,12,15H,5-6,8H2,1H3,(H,16,17)/t9-,12?/m0/s1. The number of rotatable bonds is 3. The van der Waals surface area contributed by atoms with Crippen molar-refractivity contribution in [2.45, 2.75) is 19.0 Å². The Morgan fingerprint density at radius 2 is 2.44 bits per heavy atom. The third-order valence-electron chi connectivity index (χ3n) is 2.95. The molecule has 1 fully saturated rings. The van der Waals surface area contributed by atoms with Crippen molar-refractivity contribution < 1.29 is 13.9 Å². The monoisotopic (exact) mass is 252 g/mol. The van der Waals surface area contributed by atoms with Crippen molar-refractivity contribution in [2.24, 2.45) is 0 Å². The Labute approximate surface area is 106 Å². The molecule has 5 heteroatoms. The van der Waals surface area contributed by atoms with E-state index in [1.807, 2.05) is 6.92 Å². The van der Waals surface area contributed by atoms with Crippen LogP contribution in [0.5, 0.6) is 0 Å². The second-order valence-electron chi connectivity index (χ2n) is 4.37. The molecule has 0 spiro atoms. The summed E-state index contributed by atoms with van der Waals surface area (Å²) in [4.78, 5) is 11.9. The van der Waals surface area contributed by atoms with Crippen LogP contribution in [-0.4, -0.2) is 31.7 Å². The van der Waals surface area contributed by atoms with Gasteiger partial charge in [-0.15, -0.1) is 0 Å². The van der Waals surface area contributed by atoms with Gasteiger partial charge in [0, 0.05) is 6.54 Å². The smallest absolute Gasteiger partial charge is 0.240 e. The number of carbonyl (C=O) groups is 1. The van der Waals surface area contributed by atoms with E-state index in [9.17, 15) is 9.18 Å². The van der Waals surface area contributed by atoms with Gasteiger partial charge in [-0.1, -0.05) is 12.1 Å². The van der Waals surface area contributed by atoms with Crippen molar-refractivity contribution in [1.29, 1.82) is 0 Å². The summed E-state index contributed by atoms with van der Waals surface area (Å²) in [6.45, 7) is 3.51. The van der Waals surface area contributed by atoms with E-state index in [0.29, 0.717) is 19.8 Å². The third kappa shape index (κ3) is 3.27. The number of halogens is 1. The first kappa shape index (κ1) is 13.0. The molecule has 1 aromatic rings. The van der Waals surface area contributed by atoms with E-state index in [2.05, 4.69) is 10.6 Å². The lowest BCUT2D eigenvalue weighted by Crippen LogP contribution is -2.51. The molecule has 0 saturated carbocycles. The highest BCUT2D eigenvalue weighted by molar-refractivity contribution is 5.82. The van der Waals surface area contributed by atoms with E-state index in [1.54, 1.807) is 12.1 Å². The minimum absolute atomic E-state index is 0.119. The van der Waals surface area contributed by atoms with Crippen molar-refractivity contribution in [3.8, 4) is 0 Å². The molecule has 18 heavy (non-hydrogen) atoms. The van der Waals surface area contributed by atoms with Crippen molar-refractivity contribution in [3.05, 3.63) is 35.6 Å². The van der Waals surface area contributed by atoms with Gasteiger partial charge in [-0.2, -0.15) is 0 Å². The van der Waals surface area contributed by atoms with Gasteiger partial charge in [0.05, 0.1) is 19.3 Å². The molecule has 2 atom stereocenters. The van der Waals surface area contributed by atoms with Gasteiger partial charge in [-0.05, 0) is 24.6 Å². The molecule has 0 aromatic heterocycles. The SMILES string of the molecule is C[C@H](NC(=O)C1COCCN1)c1cccc(F)c1. The molecule has 1 heterocycles. The average molecular weight is 252 g/mol. The van der Waals surface area contributed by atoms with Gasteiger partial charge in [0.1, 0.15) is 11.9 Å². The van der Waals surface area contributed by atoms with Gasteiger partial charge in [-0.25, -0.2) is 4.39 Å². The van der Waals surface area contributed by atoms with Crippen molar-refractivity contribution in [3.63, 3.8) is 0 Å². The fraction of sp³-hybridized carbons (Fsp3) is 0.462. The minimum atomic E-state index is -0.324. The van der Waals surface area contributed by atoms with Crippen LogP contribution in [-0.2, 0) is 9.53 Å². The zero-order valence-corrected chi connectivity index (χ0v) is 10.3. The normalized spacial score (nSPS) is 21.3. The zero-order valence-electron chi connectivity index (χ0n) is 10.3. The molecule has 1 aromatic carbocycles. The van der Waals surface area contributed by atoms with Crippen molar-refractivity contribution in [2.75, 3.05) is 19.8 Å². The first-order valence-electron chi connectivity index (χ1n) is 6.04. The number of ether oxygens (including phenoxy) is 1. The highest BCUT2D eigenvalue weighted by atomic mass is 19.1. The van der Waals surface area contributed by atoms with Crippen LogP contribution in [0.15, 0.2) is 24.3 Å². The zero-order chi connectivity index (χ0) is 13.0. The number of amides is 1. The second kappa shape index (κ2) is 5.93. The quantitative estimate of drug-likeness (QED) is 0.843. The molecule has 2 N–H and O–H groups in total. The summed E-state index contributed by atoms with van der Waals surface area (Å²) < 4.78 is 18.3. The molecular weight excluding hydrogens is 235 g/mol. The number of nitrogens with one attached hydrogen (secondary N) is 2.